The van der Waals surface area contributed by atoms with E-state index in [0.717, 1.165) is 19.4 Å². The van der Waals surface area contributed by atoms with Crippen LogP contribution in [0.2, 0.25) is 0 Å². The normalized spacial score (nSPS) is 35.5. The second-order valence-corrected chi connectivity index (χ2v) is 5.48. The van der Waals surface area contributed by atoms with E-state index in [-0.39, 0.29) is 17.9 Å². The molecule has 0 aromatic rings. The standard InChI is InChI=1S/C13H20N2O4/c16-12-2-1-9-7-15(4-3-10(9)14-12)13(17)11-8-18-5-6-19-11/h9-11H,1-8H2,(H,14,16). The summed E-state index contributed by atoms with van der Waals surface area (Å²) < 4.78 is 10.7. The van der Waals surface area contributed by atoms with Gasteiger partial charge >= 0.3 is 0 Å². The lowest BCUT2D eigenvalue weighted by Crippen LogP contribution is -2.57. The lowest BCUT2D eigenvalue weighted by Gasteiger charge is -2.42. The monoisotopic (exact) mass is 268 g/mol. The highest BCUT2D eigenvalue weighted by Gasteiger charge is 2.37. The Labute approximate surface area is 112 Å². The molecule has 6 heteroatoms. The molecule has 0 aliphatic carbocycles. The molecule has 0 aromatic heterocycles. The van der Waals surface area contributed by atoms with Gasteiger partial charge in [-0.3, -0.25) is 9.59 Å². The predicted octanol–water partition coefficient (Wildman–Crippen LogP) is -0.471. The molecule has 0 bridgehead atoms. The third-order valence-electron chi connectivity index (χ3n) is 4.23. The van der Waals surface area contributed by atoms with Crippen molar-refractivity contribution in [3.05, 3.63) is 0 Å². The number of piperidine rings is 2. The molecule has 3 fully saturated rings. The number of fused-ring (bicyclic) bond motifs is 1. The van der Waals surface area contributed by atoms with Crippen LogP contribution in [0.5, 0.6) is 0 Å². The molecular formula is C13H20N2O4. The second-order valence-electron chi connectivity index (χ2n) is 5.48. The molecule has 3 aliphatic rings. The molecule has 3 heterocycles. The number of carbonyl (C=O) groups excluding carboxylic acids is 2. The Morgan fingerprint density at radius 1 is 1.32 bits per heavy atom. The van der Waals surface area contributed by atoms with Crippen LogP contribution in [0.15, 0.2) is 0 Å². The van der Waals surface area contributed by atoms with E-state index in [4.69, 9.17) is 9.47 Å². The smallest absolute Gasteiger partial charge is 0.254 e. The minimum Gasteiger partial charge on any atom is -0.376 e. The molecule has 3 unspecified atom stereocenters. The maximum absolute atomic E-state index is 12.3. The first-order chi connectivity index (χ1) is 9.24. The van der Waals surface area contributed by atoms with Crippen LogP contribution in [0.25, 0.3) is 0 Å². The molecule has 1 N–H and O–H groups in total. The van der Waals surface area contributed by atoms with Gasteiger partial charge in [0, 0.05) is 25.6 Å². The Morgan fingerprint density at radius 3 is 3.00 bits per heavy atom. The van der Waals surface area contributed by atoms with Crippen LogP contribution in [0, 0.1) is 5.92 Å². The molecule has 3 atom stereocenters. The van der Waals surface area contributed by atoms with Crippen LogP contribution in [0.1, 0.15) is 19.3 Å². The van der Waals surface area contributed by atoms with Gasteiger partial charge in [-0.05, 0) is 18.8 Å². The van der Waals surface area contributed by atoms with Crippen molar-refractivity contribution in [1.82, 2.24) is 10.2 Å². The molecule has 3 aliphatic heterocycles. The Balaban J connectivity index is 1.58. The number of amides is 2. The summed E-state index contributed by atoms with van der Waals surface area (Å²) in [6, 6.07) is 0.244. The van der Waals surface area contributed by atoms with Crippen LogP contribution in [-0.2, 0) is 19.1 Å². The highest BCUT2D eigenvalue weighted by atomic mass is 16.6. The third kappa shape index (κ3) is 2.74. The lowest BCUT2D eigenvalue weighted by atomic mass is 9.85. The molecule has 0 aromatic carbocycles. The lowest BCUT2D eigenvalue weighted by molar-refractivity contribution is -0.160. The average Bonchev–Trinajstić information content (AvgIpc) is 2.47. The van der Waals surface area contributed by atoms with E-state index < -0.39 is 6.10 Å². The van der Waals surface area contributed by atoms with E-state index in [0.29, 0.717) is 38.7 Å². The fourth-order valence-corrected chi connectivity index (χ4v) is 3.14. The largest absolute Gasteiger partial charge is 0.376 e. The fraction of sp³-hybridized carbons (Fsp3) is 0.846. The number of carbonyl (C=O) groups is 2. The summed E-state index contributed by atoms with van der Waals surface area (Å²) in [5.74, 6) is 0.569. The van der Waals surface area contributed by atoms with Gasteiger partial charge in [-0.2, -0.15) is 0 Å². The predicted molar refractivity (Wildman–Crippen MR) is 66.4 cm³/mol. The zero-order chi connectivity index (χ0) is 13.2. The van der Waals surface area contributed by atoms with E-state index in [1.165, 1.54) is 0 Å². The molecule has 6 nitrogen and oxygen atoms in total. The Kier molecular flexibility index (Phi) is 3.70. The summed E-state index contributed by atoms with van der Waals surface area (Å²) in [6.07, 6.45) is 1.85. The zero-order valence-electron chi connectivity index (χ0n) is 11.0. The number of likely N-dealkylation sites (tertiary alicyclic amines) is 1. The molecule has 0 saturated carbocycles. The minimum atomic E-state index is -0.441. The van der Waals surface area contributed by atoms with Crippen LogP contribution >= 0.6 is 0 Å². The van der Waals surface area contributed by atoms with Crippen molar-refractivity contribution < 1.29 is 19.1 Å². The molecule has 106 valence electrons. The van der Waals surface area contributed by atoms with Gasteiger partial charge in [0.2, 0.25) is 5.91 Å². The summed E-state index contributed by atoms with van der Waals surface area (Å²) in [4.78, 5) is 25.6. The van der Waals surface area contributed by atoms with Gasteiger partial charge in [-0.25, -0.2) is 0 Å². The van der Waals surface area contributed by atoms with E-state index in [2.05, 4.69) is 5.32 Å². The SMILES string of the molecule is O=C1CCC2CN(C(=O)C3COCCO3)CCC2N1. The van der Waals surface area contributed by atoms with E-state index >= 15 is 0 Å². The molecule has 19 heavy (non-hydrogen) atoms. The molecule has 3 rings (SSSR count). The third-order valence-corrected chi connectivity index (χ3v) is 4.23. The van der Waals surface area contributed by atoms with Crippen molar-refractivity contribution in [2.75, 3.05) is 32.9 Å². The Hall–Kier alpha value is -1.14. The van der Waals surface area contributed by atoms with Crippen LogP contribution in [-0.4, -0.2) is 61.8 Å². The van der Waals surface area contributed by atoms with Crippen LogP contribution < -0.4 is 5.32 Å². The van der Waals surface area contributed by atoms with Gasteiger partial charge in [-0.15, -0.1) is 0 Å². The molecule has 2 amide bonds. The molecule has 0 spiro atoms. The first-order valence-corrected chi connectivity index (χ1v) is 7.01. The number of nitrogens with one attached hydrogen (secondary N) is 1. The zero-order valence-corrected chi connectivity index (χ0v) is 11.0. The molecular weight excluding hydrogens is 248 g/mol. The van der Waals surface area contributed by atoms with Gasteiger partial charge in [0.15, 0.2) is 6.10 Å². The highest BCUT2D eigenvalue weighted by molar-refractivity contribution is 5.81. The van der Waals surface area contributed by atoms with Gasteiger partial charge in [-0.1, -0.05) is 0 Å². The summed E-state index contributed by atoms with van der Waals surface area (Å²) in [5.41, 5.74) is 0. The number of ether oxygens (including phenoxy) is 2. The quantitative estimate of drug-likeness (QED) is 0.698. The fourth-order valence-electron chi connectivity index (χ4n) is 3.14. The number of rotatable bonds is 1. The van der Waals surface area contributed by atoms with Gasteiger partial charge in [0.05, 0.1) is 19.8 Å². The summed E-state index contributed by atoms with van der Waals surface area (Å²) in [7, 11) is 0. The van der Waals surface area contributed by atoms with Gasteiger partial charge in [0.25, 0.3) is 5.91 Å². The maximum atomic E-state index is 12.3. The van der Waals surface area contributed by atoms with Gasteiger partial charge in [0.1, 0.15) is 0 Å². The number of nitrogens with zero attached hydrogens (tertiary/aromatic N) is 1. The van der Waals surface area contributed by atoms with Crippen molar-refractivity contribution in [2.45, 2.75) is 31.4 Å². The van der Waals surface area contributed by atoms with Crippen molar-refractivity contribution in [2.24, 2.45) is 5.92 Å². The van der Waals surface area contributed by atoms with E-state index in [1.807, 2.05) is 4.90 Å². The summed E-state index contributed by atoms with van der Waals surface area (Å²) in [6.45, 7) is 2.84. The number of hydrogen-bond donors (Lipinski definition) is 1. The maximum Gasteiger partial charge on any atom is 0.254 e. The van der Waals surface area contributed by atoms with Gasteiger partial charge < -0.3 is 19.7 Å². The topological polar surface area (TPSA) is 67.9 Å². The van der Waals surface area contributed by atoms with E-state index in [9.17, 15) is 9.59 Å². The minimum absolute atomic E-state index is 0.0371. The first kappa shape index (κ1) is 12.9. The van der Waals surface area contributed by atoms with Crippen molar-refractivity contribution in [1.29, 1.82) is 0 Å². The van der Waals surface area contributed by atoms with Crippen molar-refractivity contribution in [3.8, 4) is 0 Å². The van der Waals surface area contributed by atoms with Crippen molar-refractivity contribution in [3.63, 3.8) is 0 Å². The first-order valence-electron chi connectivity index (χ1n) is 7.01. The average molecular weight is 268 g/mol. The van der Waals surface area contributed by atoms with Crippen LogP contribution in [0.3, 0.4) is 0 Å². The van der Waals surface area contributed by atoms with E-state index in [1.54, 1.807) is 0 Å². The summed E-state index contributed by atoms with van der Waals surface area (Å²) in [5, 5.41) is 3.02. The Morgan fingerprint density at radius 2 is 2.21 bits per heavy atom. The Bertz CT molecular complexity index is 368. The highest BCUT2D eigenvalue weighted by Crippen LogP contribution is 2.26. The van der Waals surface area contributed by atoms with Crippen LogP contribution in [0.4, 0.5) is 0 Å². The molecule has 3 saturated heterocycles. The molecule has 0 radical (unpaired) electrons. The summed E-state index contributed by atoms with van der Waals surface area (Å²) >= 11 is 0. The second kappa shape index (κ2) is 5.46. The van der Waals surface area contributed by atoms with Crippen molar-refractivity contribution >= 4 is 11.8 Å². The number of hydrogen-bond acceptors (Lipinski definition) is 4.